The van der Waals surface area contributed by atoms with Gasteiger partial charge >= 0.3 is 17.2 Å². The first-order valence-electron chi connectivity index (χ1n) is 12.2. The summed E-state index contributed by atoms with van der Waals surface area (Å²) in [5.41, 5.74) is -0.560. The van der Waals surface area contributed by atoms with Crippen LogP contribution >= 0.6 is 0 Å². The molecule has 0 radical (unpaired) electrons. The molecule has 1 aromatic carbocycles. The maximum absolute atomic E-state index is 13.3. The van der Waals surface area contributed by atoms with Gasteiger partial charge in [0.05, 0.1) is 26.6 Å². The van der Waals surface area contributed by atoms with Gasteiger partial charge in [-0.25, -0.2) is 13.2 Å². The number of halogens is 2. The van der Waals surface area contributed by atoms with Crippen LogP contribution in [-0.4, -0.2) is 68.0 Å². The van der Waals surface area contributed by atoms with Crippen molar-refractivity contribution < 1.29 is 45.3 Å². The maximum Gasteiger partial charge on any atom is 0.367 e. The summed E-state index contributed by atoms with van der Waals surface area (Å²) in [4.78, 5) is 24.2. The molecule has 2 unspecified atom stereocenters. The first kappa shape index (κ1) is 29.2. The lowest BCUT2D eigenvalue weighted by atomic mass is 9.48. The quantitative estimate of drug-likeness (QED) is 0.213. The Bertz CT molecular complexity index is 1100. The van der Waals surface area contributed by atoms with E-state index < -0.39 is 44.9 Å². The molecule has 5 rings (SSSR count). The van der Waals surface area contributed by atoms with Gasteiger partial charge in [-0.15, -0.1) is 0 Å². The third-order valence-corrected chi connectivity index (χ3v) is 8.01. The van der Waals surface area contributed by atoms with Crippen molar-refractivity contribution >= 4 is 22.1 Å². The molecule has 0 spiro atoms. The molecular weight excluding hydrogens is 508 g/mol. The van der Waals surface area contributed by atoms with E-state index in [9.17, 15) is 31.3 Å². The Morgan fingerprint density at radius 3 is 2.19 bits per heavy atom. The average Bonchev–Trinajstić information content (AvgIpc) is 2.75. The molecule has 4 saturated carbocycles. The molecule has 8 nitrogen and oxygen atoms in total. The van der Waals surface area contributed by atoms with Crippen LogP contribution in [0.25, 0.3) is 0 Å². The van der Waals surface area contributed by atoms with Gasteiger partial charge in [-0.1, -0.05) is 36.9 Å². The van der Waals surface area contributed by atoms with Crippen molar-refractivity contribution in [3.8, 4) is 0 Å². The van der Waals surface area contributed by atoms with Gasteiger partial charge in [0.15, 0.2) is 16.7 Å². The van der Waals surface area contributed by atoms with Gasteiger partial charge in [0.2, 0.25) is 0 Å². The SMILES string of the molecule is C=CC(=O)OC12CC3CC(C1)CC(C(=O)OCC(F)(F)S(=O)(=O)[O-])(C3)C2.C[N+](C)(C)Cc1ccccc1. The number of carbonyl (C=O) groups is 2. The summed E-state index contributed by atoms with van der Waals surface area (Å²) in [6, 6.07) is 10.6. The molecule has 4 fully saturated rings. The Labute approximate surface area is 217 Å². The van der Waals surface area contributed by atoms with Gasteiger partial charge in [-0.3, -0.25) is 4.79 Å². The summed E-state index contributed by atoms with van der Waals surface area (Å²) in [5, 5.41) is -4.68. The predicted octanol–water partition coefficient (Wildman–Crippen LogP) is 3.63. The number of benzene rings is 1. The molecule has 4 bridgehead atoms. The number of quaternary nitrogens is 1. The number of esters is 2. The number of hydrogen-bond acceptors (Lipinski definition) is 7. The Kier molecular flexibility index (Phi) is 8.22. The third kappa shape index (κ3) is 7.14. The van der Waals surface area contributed by atoms with Gasteiger partial charge in [0, 0.05) is 18.1 Å². The summed E-state index contributed by atoms with van der Waals surface area (Å²) < 4.78 is 69.3. The highest BCUT2D eigenvalue weighted by Crippen LogP contribution is 2.63. The Morgan fingerprint density at radius 1 is 1.14 bits per heavy atom. The number of ether oxygens (including phenoxy) is 2. The van der Waals surface area contributed by atoms with E-state index >= 15 is 0 Å². The largest absolute Gasteiger partial charge is 0.743 e. The highest BCUT2D eigenvalue weighted by Gasteiger charge is 2.63. The first-order valence-corrected chi connectivity index (χ1v) is 13.6. The van der Waals surface area contributed by atoms with Crippen LogP contribution in [0.5, 0.6) is 0 Å². The molecule has 1 aromatic rings. The minimum Gasteiger partial charge on any atom is -0.743 e. The van der Waals surface area contributed by atoms with Crippen LogP contribution in [0, 0.1) is 17.3 Å². The summed E-state index contributed by atoms with van der Waals surface area (Å²) >= 11 is 0. The molecule has 2 atom stereocenters. The number of alkyl halides is 2. The van der Waals surface area contributed by atoms with E-state index in [1.165, 1.54) is 5.56 Å². The zero-order valence-electron chi connectivity index (χ0n) is 21.5. The van der Waals surface area contributed by atoms with Crippen LogP contribution in [0.3, 0.4) is 0 Å². The standard InChI is InChI=1S/C16H20F2O7S.C10H16N/c1-2-12(19)25-15-6-10-3-11(7-15)5-14(4-10,8-15)13(20)24-9-16(17,18)26(21,22)23;1-11(2,3)9-10-7-5-4-6-8-10/h2,10-11H,1,3-9H2,(H,21,22,23);4-8H,9H2,1-3H3/q;+1/p-1. The fourth-order valence-corrected chi connectivity index (χ4v) is 6.50. The minimum atomic E-state index is -5.93. The summed E-state index contributed by atoms with van der Waals surface area (Å²) in [6.45, 7) is 2.64. The second-order valence-corrected chi connectivity index (χ2v) is 13.2. The Hall–Kier alpha value is -2.37. The topological polar surface area (TPSA) is 110 Å². The van der Waals surface area contributed by atoms with Crippen LogP contribution in [-0.2, 0) is 35.7 Å². The van der Waals surface area contributed by atoms with Crippen LogP contribution in [0.4, 0.5) is 8.78 Å². The van der Waals surface area contributed by atoms with Crippen molar-refractivity contribution in [2.75, 3.05) is 27.7 Å². The number of rotatable bonds is 8. The van der Waals surface area contributed by atoms with E-state index in [2.05, 4.69) is 62.8 Å². The molecule has 0 aliphatic heterocycles. The second kappa shape index (κ2) is 10.4. The van der Waals surface area contributed by atoms with Crippen molar-refractivity contribution in [2.45, 2.75) is 55.9 Å². The van der Waals surface area contributed by atoms with Crippen LogP contribution in [0.2, 0.25) is 0 Å². The van der Waals surface area contributed by atoms with Crippen molar-refractivity contribution in [3.05, 3.63) is 48.6 Å². The number of carbonyl (C=O) groups excluding carboxylic acids is 2. The lowest BCUT2D eigenvalue weighted by molar-refractivity contribution is -0.884. The normalized spacial score (nSPS) is 28.6. The summed E-state index contributed by atoms with van der Waals surface area (Å²) in [7, 11) is 0.678. The predicted molar refractivity (Wildman–Crippen MR) is 130 cm³/mol. The van der Waals surface area contributed by atoms with Gasteiger partial charge in [0.1, 0.15) is 12.1 Å². The minimum absolute atomic E-state index is 0.0881. The molecule has 0 amide bonds. The molecule has 0 aromatic heterocycles. The first-order chi connectivity index (χ1) is 17.0. The summed E-state index contributed by atoms with van der Waals surface area (Å²) in [5.74, 6) is -1.40. The fourth-order valence-electron chi connectivity index (χ4n) is 6.30. The monoisotopic (exact) mass is 543 g/mol. The molecule has 0 saturated heterocycles. The van der Waals surface area contributed by atoms with E-state index in [-0.39, 0.29) is 18.3 Å². The van der Waals surface area contributed by atoms with Crippen molar-refractivity contribution in [2.24, 2.45) is 17.3 Å². The molecule has 11 heteroatoms. The van der Waals surface area contributed by atoms with Gasteiger partial charge in [0.25, 0.3) is 0 Å². The summed E-state index contributed by atoms with van der Waals surface area (Å²) in [6.07, 6.45) is 4.02. The van der Waals surface area contributed by atoms with E-state index in [4.69, 9.17) is 4.74 Å². The van der Waals surface area contributed by atoms with Gasteiger partial charge in [-0.05, 0) is 43.9 Å². The molecular formula is C26H35F2NO7S. The molecule has 0 heterocycles. The molecule has 4 aliphatic carbocycles. The molecule has 37 heavy (non-hydrogen) atoms. The third-order valence-electron chi connectivity index (χ3n) is 7.16. The Morgan fingerprint density at radius 2 is 1.70 bits per heavy atom. The molecule has 206 valence electrons. The Balaban J connectivity index is 0.000000289. The van der Waals surface area contributed by atoms with E-state index in [1.54, 1.807) is 0 Å². The highest BCUT2D eigenvalue weighted by atomic mass is 32.2. The zero-order valence-corrected chi connectivity index (χ0v) is 22.3. The molecule has 0 N–H and O–H groups in total. The van der Waals surface area contributed by atoms with Gasteiger partial charge < -0.3 is 18.5 Å². The van der Waals surface area contributed by atoms with Crippen molar-refractivity contribution in [1.82, 2.24) is 0 Å². The number of hydrogen-bond donors (Lipinski definition) is 0. The smallest absolute Gasteiger partial charge is 0.367 e. The van der Waals surface area contributed by atoms with Gasteiger partial charge in [-0.2, -0.15) is 8.78 Å². The lowest BCUT2D eigenvalue weighted by Crippen LogP contribution is -2.60. The average molecular weight is 544 g/mol. The fraction of sp³-hybridized carbons (Fsp3) is 0.615. The zero-order chi connectivity index (χ0) is 27.7. The maximum atomic E-state index is 13.3. The lowest BCUT2D eigenvalue weighted by Gasteiger charge is -2.59. The number of nitrogens with zero attached hydrogens (tertiary/aromatic N) is 1. The van der Waals surface area contributed by atoms with E-state index in [1.807, 2.05) is 0 Å². The van der Waals surface area contributed by atoms with E-state index in [0.717, 1.165) is 23.5 Å². The van der Waals surface area contributed by atoms with E-state index in [0.29, 0.717) is 25.7 Å². The van der Waals surface area contributed by atoms with Crippen LogP contribution in [0.1, 0.15) is 44.1 Å². The van der Waals surface area contributed by atoms with Crippen LogP contribution in [0.15, 0.2) is 43.0 Å². The second-order valence-electron chi connectivity index (χ2n) is 11.7. The van der Waals surface area contributed by atoms with Crippen molar-refractivity contribution in [1.29, 1.82) is 0 Å². The van der Waals surface area contributed by atoms with Crippen molar-refractivity contribution in [3.63, 3.8) is 0 Å². The molecule has 4 aliphatic rings. The van der Waals surface area contributed by atoms with Crippen LogP contribution < -0.4 is 0 Å². The highest BCUT2D eigenvalue weighted by molar-refractivity contribution is 7.86.